The number of amides is 2. The number of hydrogen-bond acceptors (Lipinski definition) is 3. The minimum absolute atomic E-state index is 0.0561. The van der Waals surface area contributed by atoms with E-state index < -0.39 is 5.97 Å². The molecule has 1 N–H and O–H groups in total. The molecular formula is C10H20N2O3S. The minimum Gasteiger partial charge on any atom is -0.481 e. The molecule has 0 atom stereocenters. The van der Waals surface area contributed by atoms with Crippen molar-refractivity contribution in [2.75, 3.05) is 39.2 Å². The minimum atomic E-state index is -0.823. The molecule has 0 aliphatic heterocycles. The quantitative estimate of drug-likeness (QED) is 0.735. The van der Waals surface area contributed by atoms with Crippen LogP contribution in [-0.2, 0) is 4.79 Å². The molecule has 0 radical (unpaired) electrons. The van der Waals surface area contributed by atoms with Gasteiger partial charge in [0.25, 0.3) is 0 Å². The van der Waals surface area contributed by atoms with E-state index in [1.165, 1.54) is 0 Å². The maximum atomic E-state index is 11.7. The Morgan fingerprint density at radius 1 is 1.19 bits per heavy atom. The number of hydrogen-bond donors (Lipinski definition) is 1. The van der Waals surface area contributed by atoms with Gasteiger partial charge in [0.2, 0.25) is 0 Å². The Bertz CT molecular complexity index is 236. The van der Waals surface area contributed by atoms with E-state index in [0.717, 1.165) is 5.75 Å². The van der Waals surface area contributed by atoms with Crippen LogP contribution in [0.1, 0.15) is 12.8 Å². The number of aliphatic carboxylic acids is 1. The number of carbonyl (C=O) groups excluding carboxylic acids is 1. The van der Waals surface area contributed by atoms with Crippen LogP contribution in [0.4, 0.5) is 4.79 Å². The summed E-state index contributed by atoms with van der Waals surface area (Å²) in [5.41, 5.74) is 0. The average molecular weight is 248 g/mol. The van der Waals surface area contributed by atoms with Crippen LogP contribution in [0.2, 0.25) is 0 Å². The molecule has 2 amide bonds. The van der Waals surface area contributed by atoms with Crippen molar-refractivity contribution in [1.29, 1.82) is 0 Å². The summed E-state index contributed by atoms with van der Waals surface area (Å²) in [4.78, 5) is 25.2. The summed E-state index contributed by atoms with van der Waals surface area (Å²) in [5, 5.41) is 8.47. The smallest absolute Gasteiger partial charge is 0.319 e. The fourth-order valence-electron chi connectivity index (χ4n) is 1.18. The predicted octanol–water partition coefficient (Wildman–Crippen LogP) is 1.20. The SMILES string of the molecule is CSCCN(C)C(=O)N(C)CCCC(=O)O. The molecule has 0 unspecified atom stereocenters. The molecule has 6 heteroatoms. The molecule has 0 rings (SSSR count). The Balaban J connectivity index is 3.83. The lowest BCUT2D eigenvalue weighted by molar-refractivity contribution is -0.137. The van der Waals surface area contributed by atoms with Crippen molar-refractivity contribution in [2.24, 2.45) is 0 Å². The summed E-state index contributed by atoms with van der Waals surface area (Å²) in [6.45, 7) is 1.19. The molecule has 0 aromatic rings. The van der Waals surface area contributed by atoms with Gasteiger partial charge in [0.05, 0.1) is 0 Å². The molecule has 5 nitrogen and oxygen atoms in total. The van der Waals surface area contributed by atoms with Gasteiger partial charge in [-0.05, 0) is 12.7 Å². The van der Waals surface area contributed by atoms with Gasteiger partial charge in [-0.15, -0.1) is 0 Å². The lowest BCUT2D eigenvalue weighted by atomic mass is 10.3. The lowest BCUT2D eigenvalue weighted by Crippen LogP contribution is -2.40. The van der Waals surface area contributed by atoms with Crippen LogP contribution >= 0.6 is 11.8 Å². The number of carboxylic acids is 1. The maximum Gasteiger partial charge on any atom is 0.319 e. The highest BCUT2D eigenvalue weighted by Gasteiger charge is 2.13. The summed E-state index contributed by atoms with van der Waals surface area (Å²) in [7, 11) is 3.45. The first kappa shape index (κ1) is 15.1. The fourth-order valence-corrected chi connectivity index (χ4v) is 1.63. The highest BCUT2D eigenvalue weighted by Crippen LogP contribution is 2.00. The normalized spacial score (nSPS) is 9.94. The molecule has 94 valence electrons. The zero-order chi connectivity index (χ0) is 12.6. The van der Waals surface area contributed by atoms with Crippen molar-refractivity contribution >= 4 is 23.8 Å². The van der Waals surface area contributed by atoms with Crippen molar-refractivity contribution in [3.8, 4) is 0 Å². The molecule has 0 aromatic heterocycles. The van der Waals surface area contributed by atoms with E-state index in [0.29, 0.717) is 19.5 Å². The topological polar surface area (TPSA) is 60.9 Å². The molecule has 0 aliphatic rings. The fraction of sp³-hybridized carbons (Fsp3) is 0.800. The van der Waals surface area contributed by atoms with E-state index in [4.69, 9.17) is 5.11 Å². The van der Waals surface area contributed by atoms with Crippen molar-refractivity contribution < 1.29 is 14.7 Å². The van der Waals surface area contributed by atoms with E-state index in [-0.39, 0.29) is 12.5 Å². The summed E-state index contributed by atoms with van der Waals surface area (Å²) in [6.07, 6.45) is 2.59. The number of carboxylic acid groups (broad SMARTS) is 1. The van der Waals surface area contributed by atoms with Crippen LogP contribution in [0.15, 0.2) is 0 Å². The molecule has 0 saturated heterocycles. The Morgan fingerprint density at radius 3 is 2.25 bits per heavy atom. The third kappa shape index (κ3) is 6.55. The number of carbonyl (C=O) groups is 2. The van der Waals surface area contributed by atoms with Crippen LogP contribution < -0.4 is 0 Å². The van der Waals surface area contributed by atoms with Gasteiger partial charge in [-0.25, -0.2) is 4.79 Å². The second-order valence-corrected chi connectivity index (χ2v) is 4.60. The van der Waals surface area contributed by atoms with Crippen molar-refractivity contribution in [3.63, 3.8) is 0 Å². The van der Waals surface area contributed by atoms with Gasteiger partial charge in [0, 0.05) is 39.4 Å². The van der Waals surface area contributed by atoms with Gasteiger partial charge in [-0.1, -0.05) is 0 Å². The predicted molar refractivity (Wildman–Crippen MR) is 65.9 cm³/mol. The monoisotopic (exact) mass is 248 g/mol. The zero-order valence-corrected chi connectivity index (χ0v) is 10.9. The Kier molecular flexibility index (Phi) is 7.80. The van der Waals surface area contributed by atoms with Gasteiger partial charge in [0.15, 0.2) is 0 Å². The van der Waals surface area contributed by atoms with Crippen LogP contribution in [-0.4, -0.2) is 66.1 Å². The highest BCUT2D eigenvalue weighted by molar-refractivity contribution is 7.98. The van der Waals surface area contributed by atoms with Crippen molar-refractivity contribution in [3.05, 3.63) is 0 Å². The van der Waals surface area contributed by atoms with Crippen molar-refractivity contribution in [1.82, 2.24) is 9.80 Å². The number of thioether (sulfide) groups is 1. The third-order valence-corrected chi connectivity index (χ3v) is 2.76. The van der Waals surface area contributed by atoms with Crippen molar-refractivity contribution in [2.45, 2.75) is 12.8 Å². The first-order valence-electron chi connectivity index (χ1n) is 5.16. The zero-order valence-electron chi connectivity index (χ0n) is 10.1. The Hall–Kier alpha value is -0.910. The van der Waals surface area contributed by atoms with Gasteiger partial charge in [-0.2, -0.15) is 11.8 Å². The summed E-state index contributed by atoms with van der Waals surface area (Å²) in [6, 6.07) is -0.0561. The Labute approximate surface area is 101 Å². The van der Waals surface area contributed by atoms with Crippen LogP contribution in [0.25, 0.3) is 0 Å². The maximum absolute atomic E-state index is 11.7. The number of rotatable bonds is 7. The number of urea groups is 1. The average Bonchev–Trinajstić information content (AvgIpc) is 2.24. The first-order chi connectivity index (χ1) is 7.49. The van der Waals surface area contributed by atoms with E-state index in [2.05, 4.69) is 0 Å². The van der Waals surface area contributed by atoms with E-state index in [1.54, 1.807) is 35.7 Å². The molecule has 0 aromatic carbocycles. The Morgan fingerprint density at radius 2 is 1.75 bits per heavy atom. The van der Waals surface area contributed by atoms with Gasteiger partial charge < -0.3 is 14.9 Å². The third-order valence-electron chi connectivity index (χ3n) is 2.17. The van der Waals surface area contributed by atoms with Crippen LogP contribution in [0.5, 0.6) is 0 Å². The van der Waals surface area contributed by atoms with E-state index in [9.17, 15) is 9.59 Å². The van der Waals surface area contributed by atoms with E-state index >= 15 is 0 Å². The second kappa shape index (κ2) is 8.27. The van der Waals surface area contributed by atoms with E-state index in [1.807, 2.05) is 6.26 Å². The standard InChI is InChI=1S/C10H20N2O3S/c1-11(6-4-5-9(13)14)10(15)12(2)7-8-16-3/h4-8H2,1-3H3,(H,13,14). The highest BCUT2D eigenvalue weighted by atomic mass is 32.2. The molecule has 0 fully saturated rings. The molecule has 0 aliphatic carbocycles. The van der Waals surface area contributed by atoms with Gasteiger partial charge in [-0.3, -0.25) is 4.79 Å². The molecular weight excluding hydrogens is 228 g/mol. The lowest BCUT2D eigenvalue weighted by Gasteiger charge is -2.24. The summed E-state index contributed by atoms with van der Waals surface area (Å²) >= 11 is 1.69. The van der Waals surface area contributed by atoms with Crippen LogP contribution in [0, 0.1) is 0 Å². The number of nitrogens with zero attached hydrogens (tertiary/aromatic N) is 2. The molecule has 0 heterocycles. The largest absolute Gasteiger partial charge is 0.481 e. The molecule has 0 bridgehead atoms. The van der Waals surface area contributed by atoms with Crippen LogP contribution in [0.3, 0.4) is 0 Å². The van der Waals surface area contributed by atoms with Gasteiger partial charge in [0.1, 0.15) is 0 Å². The first-order valence-corrected chi connectivity index (χ1v) is 6.55. The summed E-state index contributed by atoms with van der Waals surface area (Å²) < 4.78 is 0. The second-order valence-electron chi connectivity index (χ2n) is 3.62. The molecule has 0 spiro atoms. The molecule has 0 saturated carbocycles. The van der Waals surface area contributed by atoms with Gasteiger partial charge >= 0.3 is 12.0 Å². The summed E-state index contributed by atoms with van der Waals surface area (Å²) in [5.74, 6) is 0.0853. The molecule has 16 heavy (non-hydrogen) atoms.